The van der Waals surface area contributed by atoms with Crippen LogP contribution in [0.5, 0.6) is 0 Å². The summed E-state index contributed by atoms with van der Waals surface area (Å²) in [5.74, 6) is -4.69. The first-order valence-corrected chi connectivity index (χ1v) is 5.73. The van der Waals surface area contributed by atoms with Gasteiger partial charge < -0.3 is 30.2 Å². The molecule has 0 aliphatic carbocycles. The van der Waals surface area contributed by atoms with E-state index in [1.54, 1.807) is 0 Å². The van der Waals surface area contributed by atoms with Crippen molar-refractivity contribution in [3.63, 3.8) is 0 Å². The normalized spacial score (nSPS) is 9.95. The van der Waals surface area contributed by atoms with Crippen LogP contribution in [-0.4, -0.2) is 23.7 Å². The largest absolute Gasteiger partial charge is 0.545 e. The second-order valence-electron chi connectivity index (χ2n) is 3.64. The maximum Gasteiger partial charge on any atom is 0.147 e. The number of carbonyl (C=O) groups excluding carboxylic acids is 2. The quantitative estimate of drug-likeness (QED) is 0.388. The van der Waals surface area contributed by atoms with Gasteiger partial charge in [-0.15, -0.1) is 0 Å². The molecule has 0 atom stereocenters. The van der Waals surface area contributed by atoms with Gasteiger partial charge in [0.1, 0.15) is 5.82 Å². The van der Waals surface area contributed by atoms with E-state index in [4.69, 9.17) is 16.7 Å². The molecular formula is C12H9ClFNO5-2. The minimum atomic E-state index is -1.95. The van der Waals surface area contributed by atoms with E-state index in [0.29, 0.717) is 6.20 Å². The van der Waals surface area contributed by atoms with Crippen molar-refractivity contribution in [3.05, 3.63) is 40.3 Å². The first-order valence-electron chi connectivity index (χ1n) is 5.35. The highest BCUT2D eigenvalue weighted by atomic mass is 35.5. The Bertz CT molecular complexity index is 557. The molecule has 20 heavy (non-hydrogen) atoms. The summed E-state index contributed by atoms with van der Waals surface area (Å²) >= 11 is 5.58. The van der Waals surface area contributed by atoms with Gasteiger partial charge in [-0.1, -0.05) is 11.6 Å². The second-order valence-corrected chi connectivity index (χ2v) is 4.05. The number of carboxylic acids is 2. The molecule has 8 heteroatoms. The number of nitrogens with one attached hydrogen (secondary N) is 1. The lowest BCUT2D eigenvalue weighted by molar-refractivity contribution is -0.312. The maximum absolute atomic E-state index is 13.7. The van der Waals surface area contributed by atoms with Crippen molar-refractivity contribution in [2.24, 2.45) is 0 Å². The third-order valence-corrected chi connectivity index (χ3v) is 2.66. The summed E-state index contributed by atoms with van der Waals surface area (Å²) in [6.45, 7) is -0.372. The third kappa shape index (κ3) is 3.69. The molecule has 0 bridgehead atoms. The summed E-state index contributed by atoms with van der Waals surface area (Å²) < 4.78 is 13.7. The molecule has 0 radical (unpaired) electrons. The maximum atomic E-state index is 13.7. The number of benzene rings is 1. The van der Waals surface area contributed by atoms with Gasteiger partial charge >= 0.3 is 0 Å². The van der Waals surface area contributed by atoms with Crippen LogP contribution in [0.4, 0.5) is 10.1 Å². The highest BCUT2D eigenvalue weighted by Crippen LogP contribution is 2.26. The number of aliphatic hydroxyl groups is 1. The van der Waals surface area contributed by atoms with Gasteiger partial charge in [0, 0.05) is 36.1 Å². The van der Waals surface area contributed by atoms with E-state index in [1.165, 1.54) is 12.1 Å². The van der Waals surface area contributed by atoms with Crippen LogP contribution >= 0.6 is 11.6 Å². The average Bonchev–Trinajstić information content (AvgIpc) is 2.37. The molecule has 1 aromatic carbocycles. The van der Waals surface area contributed by atoms with Crippen LogP contribution in [0.25, 0.3) is 0 Å². The Balaban J connectivity index is 3.15. The lowest BCUT2D eigenvalue weighted by Crippen LogP contribution is -2.36. The van der Waals surface area contributed by atoms with Crippen molar-refractivity contribution in [3.8, 4) is 0 Å². The van der Waals surface area contributed by atoms with Gasteiger partial charge in [-0.3, -0.25) is 0 Å². The van der Waals surface area contributed by atoms with Gasteiger partial charge in [-0.05, 0) is 12.1 Å². The Kier molecular flexibility index (Phi) is 5.48. The van der Waals surface area contributed by atoms with Crippen molar-refractivity contribution in [1.29, 1.82) is 0 Å². The Hall–Kier alpha value is -2.12. The number of aliphatic hydroxyl groups excluding tert-OH is 1. The van der Waals surface area contributed by atoms with E-state index < -0.39 is 23.3 Å². The number of hydrogen-bond acceptors (Lipinski definition) is 6. The summed E-state index contributed by atoms with van der Waals surface area (Å²) in [6.07, 6.45) is 0.517. The predicted octanol–water partition coefficient (Wildman–Crippen LogP) is -1.19. The molecule has 0 saturated heterocycles. The summed E-state index contributed by atoms with van der Waals surface area (Å²) in [5.41, 5.74) is -1.07. The molecule has 108 valence electrons. The number of carboxylic acid groups (broad SMARTS) is 2. The zero-order valence-corrected chi connectivity index (χ0v) is 10.7. The van der Waals surface area contributed by atoms with Crippen LogP contribution in [0, 0.1) is 5.82 Å². The number of hydrogen-bond donors (Lipinski definition) is 2. The van der Waals surface area contributed by atoms with E-state index in [9.17, 15) is 24.2 Å². The smallest absolute Gasteiger partial charge is 0.147 e. The standard InChI is InChI=1S/C12H11ClFNO5/c13-8-1-2-9(6(3-4-16)10(8)14)15-5-7(11(17)18)12(19)20/h1-2,5,15-16H,3-4H2,(H,17,18)(H,19,20)/p-2. The highest BCUT2D eigenvalue weighted by Gasteiger charge is 2.11. The first-order chi connectivity index (χ1) is 9.38. The lowest BCUT2D eigenvalue weighted by Gasteiger charge is -2.13. The number of rotatable bonds is 6. The molecule has 0 heterocycles. The fourth-order valence-electron chi connectivity index (χ4n) is 1.44. The minimum Gasteiger partial charge on any atom is -0.545 e. The first kappa shape index (κ1) is 15.9. The summed E-state index contributed by atoms with van der Waals surface area (Å²) in [4.78, 5) is 21.0. The summed E-state index contributed by atoms with van der Waals surface area (Å²) in [7, 11) is 0. The Morgan fingerprint density at radius 2 is 1.95 bits per heavy atom. The molecule has 1 aromatic rings. The summed E-state index contributed by atoms with van der Waals surface area (Å²) in [5, 5.41) is 32.0. The Morgan fingerprint density at radius 3 is 2.45 bits per heavy atom. The average molecular weight is 302 g/mol. The lowest BCUT2D eigenvalue weighted by atomic mass is 10.1. The van der Waals surface area contributed by atoms with Crippen LogP contribution in [-0.2, 0) is 16.0 Å². The molecule has 2 N–H and O–H groups in total. The molecule has 0 amide bonds. The van der Waals surface area contributed by atoms with E-state index in [1.807, 2.05) is 0 Å². The van der Waals surface area contributed by atoms with Crippen molar-refractivity contribution in [2.45, 2.75) is 6.42 Å². The molecule has 0 aliphatic heterocycles. The molecule has 0 aromatic heterocycles. The fourth-order valence-corrected chi connectivity index (χ4v) is 1.61. The van der Waals surface area contributed by atoms with Crippen LogP contribution in [0.3, 0.4) is 0 Å². The van der Waals surface area contributed by atoms with Crippen LogP contribution < -0.4 is 15.5 Å². The van der Waals surface area contributed by atoms with E-state index in [0.717, 1.165) is 0 Å². The molecule has 1 rings (SSSR count). The highest BCUT2D eigenvalue weighted by molar-refractivity contribution is 6.30. The molecule has 0 spiro atoms. The molecule has 0 fully saturated rings. The molecule has 0 unspecified atom stereocenters. The third-order valence-electron chi connectivity index (χ3n) is 2.37. The Labute approximate surface area is 118 Å². The van der Waals surface area contributed by atoms with Crippen LogP contribution in [0.1, 0.15) is 5.56 Å². The SMILES string of the molecule is O=C([O-])C(=CNc1ccc(Cl)c(F)c1CCO)C(=O)[O-]. The number of aliphatic carboxylic acids is 2. The number of halogens is 2. The van der Waals surface area contributed by atoms with E-state index >= 15 is 0 Å². The fraction of sp³-hybridized carbons (Fsp3) is 0.167. The van der Waals surface area contributed by atoms with Crippen molar-refractivity contribution >= 4 is 29.2 Å². The molecule has 0 saturated carbocycles. The zero-order valence-electron chi connectivity index (χ0n) is 9.98. The van der Waals surface area contributed by atoms with Gasteiger partial charge in [-0.25, -0.2) is 4.39 Å². The van der Waals surface area contributed by atoms with Gasteiger partial charge in [0.25, 0.3) is 0 Å². The van der Waals surface area contributed by atoms with Crippen LogP contribution in [0.2, 0.25) is 5.02 Å². The van der Waals surface area contributed by atoms with Gasteiger partial charge in [0.05, 0.1) is 17.0 Å². The van der Waals surface area contributed by atoms with Crippen molar-refractivity contribution in [1.82, 2.24) is 0 Å². The van der Waals surface area contributed by atoms with Gasteiger partial charge in [0.15, 0.2) is 0 Å². The Morgan fingerprint density at radius 1 is 1.35 bits per heavy atom. The second kappa shape index (κ2) is 6.88. The predicted molar refractivity (Wildman–Crippen MR) is 63.9 cm³/mol. The van der Waals surface area contributed by atoms with Gasteiger partial charge in [-0.2, -0.15) is 0 Å². The molecule has 6 nitrogen and oxygen atoms in total. The van der Waals surface area contributed by atoms with Crippen molar-refractivity contribution < 1.29 is 29.3 Å². The van der Waals surface area contributed by atoms with E-state index in [-0.39, 0.29) is 29.3 Å². The monoisotopic (exact) mass is 301 g/mol. The number of anilines is 1. The zero-order chi connectivity index (χ0) is 15.3. The topological polar surface area (TPSA) is 113 Å². The van der Waals surface area contributed by atoms with Crippen molar-refractivity contribution in [2.75, 3.05) is 11.9 Å². The summed E-state index contributed by atoms with van der Waals surface area (Å²) in [6, 6.07) is 2.51. The van der Waals surface area contributed by atoms with Gasteiger partial charge in [0.2, 0.25) is 0 Å². The minimum absolute atomic E-state index is 0.00713. The van der Waals surface area contributed by atoms with E-state index in [2.05, 4.69) is 5.32 Å². The number of carbonyl (C=O) groups is 2. The van der Waals surface area contributed by atoms with Crippen LogP contribution in [0.15, 0.2) is 23.9 Å². The molecule has 0 aliphatic rings. The molecular weight excluding hydrogens is 293 g/mol.